The fourth-order valence-corrected chi connectivity index (χ4v) is 2.29. The molecule has 17 heavy (non-hydrogen) atoms. The quantitative estimate of drug-likeness (QED) is 0.266. The summed E-state index contributed by atoms with van der Waals surface area (Å²) in [4.78, 5) is 22.5. The van der Waals surface area contributed by atoms with Crippen LogP contribution in [0.4, 0.5) is 0 Å². The van der Waals surface area contributed by atoms with Crippen molar-refractivity contribution in [3.05, 3.63) is 0 Å². The summed E-state index contributed by atoms with van der Waals surface area (Å²) in [6.45, 7) is 1.67. The molecule has 1 heterocycles. The number of hydrogen-bond acceptors (Lipinski definition) is 6. The SMILES string of the molecule is CC(NC1CCN(N)C(=O)[C@@]1(N)[PH+]=O)C(=O)O. The molecule has 0 aliphatic carbocycles. The van der Waals surface area contributed by atoms with Crippen LogP contribution in [0.3, 0.4) is 0 Å². The Kier molecular flexibility index (Phi) is 4.16. The van der Waals surface area contributed by atoms with Gasteiger partial charge in [0.15, 0.2) is 0 Å². The number of nitrogens with one attached hydrogen (secondary N) is 1. The largest absolute Gasteiger partial charge is 0.480 e. The molecule has 8 nitrogen and oxygen atoms in total. The molecule has 1 amide bonds. The Labute approximate surface area is 99.5 Å². The molecule has 0 radical (unpaired) electrons. The molecule has 4 atom stereocenters. The smallest absolute Gasteiger partial charge is 0.358 e. The third-order valence-electron chi connectivity index (χ3n) is 2.81. The van der Waals surface area contributed by atoms with Gasteiger partial charge in [0.25, 0.3) is 0 Å². The summed E-state index contributed by atoms with van der Waals surface area (Å²) in [5.41, 5.74) is 5.76. The average Bonchev–Trinajstić information content (AvgIpc) is 2.29. The molecule has 9 heteroatoms. The van der Waals surface area contributed by atoms with Crippen LogP contribution in [-0.2, 0) is 14.2 Å². The zero-order valence-corrected chi connectivity index (χ0v) is 10.3. The molecule has 96 valence electrons. The first kappa shape index (κ1) is 14.0. The molecule has 0 bridgehead atoms. The van der Waals surface area contributed by atoms with Gasteiger partial charge in [-0.25, -0.2) is 5.84 Å². The average molecular weight is 263 g/mol. The number of aliphatic carboxylic acids is 1. The number of piperidine rings is 1. The van der Waals surface area contributed by atoms with Gasteiger partial charge in [-0.3, -0.25) is 25.6 Å². The number of hydrazine groups is 1. The summed E-state index contributed by atoms with van der Waals surface area (Å²) < 4.78 is 11.1. The number of hydrogen-bond donors (Lipinski definition) is 4. The van der Waals surface area contributed by atoms with Gasteiger partial charge in [0.1, 0.15) is 6.04 Å². The van der Waals surface area contributed by atoms with Crippen molar-refractivity contribution in [3.8, 4) is 0 Å². The fourth-order valence-electron chi connectivity index (χ4n) is 1.69. The van der Waals surface area contributed by atoms with Gasteiger partial charge in [-0.05, 0) is 13.3 Å². The second-order valence-electron chi connectivity index (χ2n) is 4.04. The van der Waals surface area contributed by atoms with Crippen molar-refractivity contribution < 1.29 is 19.3 Å². The molecule has 1 aliphatic rings. The normalized spacial score (nSPS) is 31.6. The van der Waals surface area contributed by atoms with E-state index in [9.17, 15) is 14.2 Å². The Bertz CT molecular complexity index is 352. The van der Waals surface area contributed by atoms with Crippen LogP contribution < -0.4 is 16.9 Å². The predicted molar refractivity (Wildman–Crippen MR) is 60.5 cm³/mol. The molecule has 0 aromatic heterocycles. The Hall–Kier alpha value is -1.08. The molecule has 1 saturated heterocycles. The van der Waals surface area contributed by atoms with Crippen LogP contribution in [0.15, 0.2) is 0 Å². The lowest BCUT2D eigenvalue weighted by molar-refractivity contribution is -0.142. The first-order chi connectivity index (χ1) is 7.82. The monoisotopic (exact) mass is 263 g/mol. The van der Waals surface area contributed by atoms with Gasteiger partial charge in [0.05, 0.1) is 6.04 Å². The first-order valence-electron chi connectivity index (χ1n) is 5.06. The molecule has 0 aromatic rings. The zero-order valence-electron chi connectivity index (χ0n) is 9.34. The Morgan fingerprint density at radius 2 is 2.35 bits per heavy atom. The summed E-state index contributed by atoms with van der Waals surface area (Å²) >= 11 is 0. The molecular formula is C8H16N4O4P+. The van der Waals surface area contributed by atoms with Crippen LogP contribution in [0.1, 0.15) is 13.3 Å². The molecule has 0 saturated carbocycles. The van der Waals surface area contributed by atoms with Crippen LogP contribution >= 0.6 is 8.46 Å². The highest BCUT2D eigenvalue weighted by Gasteiger charge is 2.55. The molecule has 1 aliphatic heterocycles. The Balaban J connectivity index is 2.87. The highest BCUT2D eigenvalue weighted by atomic mass is 31.1. The summed E-state index contributed by atoms with van der Waals surface area (Å²) in [6, 6.07) is -1.55. The van der Waals surface area contributed by atoms with E-state index < -0.39 is 37.7 Å². The van der Waals surface area contributed by atoms with Crippen molar-refractivity contribution in [2.24, 2.45) is 11.6 Å². The second kappa shape index (κ2) is 5.05. The molecule has 3 unspecified atom stereocenters. The Morgan fingerprint density at radius 1 is 1.76 bits per heavy atom. The molecule has 6 N–H and O–H groups in total. The fraction of sp³-hybridized carbons (Fsp3) is 0.750. The number of carboxylic acid groups (broad SMARTS) is 1. The van der Waals surface area contributed by atoms with Gasteiger partial charge >= 0.3 is 25.6 Å². The third-order valence-corrected chi connectivity index (χ3v) is 3.71. The third kappa shape index (κ3) is 2.61. The number of carbonyl (C=O) groups excluding carboxylic acids is 1. The zero-order chi connectivity index (χ0) is 13.2. The molecular weight excluding hydrogens is 247 g/mol. The molecule has 1 fully saturated rings. The lowest BCUT2D eigenvalue weighted by Gasteiger charge is -2.36. The minimum absolute atomic E-state index is 0.242. The van der Waals surface area contributed by atoms with Crippen molar-refractivity contribution in [1.82, 2.24) is 10.3 Å². The van der Waals surface area contributed by atoms with Crippen molar-refractivity contribution in [2.75, 3.05) is 6.54 Å². The summed E-state index contributed by atoms with van der Waals surface area (Å²) in [5, 5.41) is 10.7. The molecule has 0 aromatic carbocycles. The van der Waals surface area contributed by atoms with E-state index in [0.29, 0.717) is 6.42 Å². The van der Waals surface area contributed by atoms with E-state index >= 15 is 0 Å². The van der Waals surface area contributed by atoms with Crippen molar-refractivity contribution in [1.29, 1.82) is 0 Å². The van der Waals surface area contributed by atoms with E-state index in [1.807, 2.05) is 0 Å². The number of nitrogens with zero attached hydrogens (tertiary/aromatic N) is 1. The van der Waals surface area contributed by atoms with Crippen LogP contribution in [0.2, 0.25) is 0 Å². The van der Waals surface area contributed by atoms with E-state index in [0.717, 1.165) is 5.01 Å². The van der Waals surface area contributed by atoms with E-state index in [2.05, 4.69) is 5.32 Å². The summed E-state index contributed by atoms with van der Waals surface area (Å²) in [7, 11) is -1.10. The second-order valence-corrected chi connectivity index (χ2v) is 5.07. The molecule has 1 rings (SSSR count). The topological polar surface area (TPSA) is 139 Å². The number of carbonyl (C=O) groups is 2. The number of rotatable bonds is 4. The van der Waals surface area contributed by atoms with Crippen LogP contribution in [0.25, 0.3) is 0 Å². The van der Waals surface area contributed by atoms with Crippen LogP contribution in [-0.4, -0.2) is 45.9 Å². The standard InChI is InChI=1S/C8H15N4O4P/c1-4(6(13)14)11-5-2-3-12(10)7(15)8(5,9)17-16/h4-5,11H,2-3,9-10H2,1H3,(H,13,14)/p+1/t4?,5?,8-/m0/s1. The van der Waals surface area contributed by atoms with Crippen molar-refractivity contribution >= 4 is 20.3 Å². The lowest BCUT2D eigenvalue weighted by atomic mass is 9.98. The highest BCUT2D eigenvalue weighted by Crippen LogP contribution is 2.29. The number of nitrogens with two attached hydrogens (primary N) is 2. The predicted octanol–water partition coefficient (Wildman–Crippen LogP) is -1.80. The van der Waals surface area contributed by atoms with Crippen molar-refractivity contribution in [2.45, 2.75) is 30.7 Å². The van der Waals surface area contributed by atoms with Crippen LogP contribution in [0, 0.1) is 0 Å². The van der Waals surface area contributed by atoms with Crippen LogP contribution in [0.5, 0.6) is 0 Å². The van der Waals surface area contributed by atoms with Gasteiger partial charge < -0.3 is 5.11 Å². The maximum atomic E-state index is 11.7. The van der Waals surface area contributed by atoms with Gasteiger partial charge in [0, 0.05) is 6.54 Å². The Morgan fingerprint density at radius 3 is 2.82 bits per heavy atom. The highest BCUT2D eigenvalue weighted by molar-refractivity contribution is 7.27. The van der Waals surface area contributed by atoms with Gasteiger partial charge in [0.2, 0.25) is 0 Å². The van der Waals surface area contributed by atoms with E-state index in [-0.39, 0.29) is 6.54 Å². The minimum Gasteiger partial charge on any atom is -0.480 e. The van der Waals surface area contributed by atoms with Gasteiger partial charge in [-0.15, -0.1) is 0 Å². The summed E-state index contributed by atoms with van der Waals surface area (Å²) in [6.07, 6.45) is 0.353. The lowest BCUT2D eigenvalue weighted by Crippen LogP contribution is -2.69. The van der Waals surface area contributed by atoms with Gasteiger partial charge in [-0.1, -0.05) is 4.57 Å². The van der Waals surface area contributed by atoms with E-state index in [1.54, 1.807) is 0 Å². The first-order valence-corrected chi connectivity index (χ1v) is 5.97. The van der Waals surface area contributed by atoms with E-state index in [4.69, 9.17) is 16.7 Å². The number of carboxylic acids is 1. The van der Waals surface area contributed by atoms with E-state index in [1.165, 1.54) is 6.92 Å². The minimum atomic E-state index is -1.66. The van der Waals surface area contributed by atoms with Crippen molar-refractivity contribution in [3.63, 3.8) is 0 Å². The maximum absolute atomic E-state index is 11.7. The number of amides is 1. The van der Waals surface area contributed by atoms with Gasteiger partial charge in [-0.2, -0.15) is 0 Å². The molecule has 0 spiro atoms. The maximum Gasteiger partial charge on any atom is 0.358 e. The summed E-state index contributed by atoms with van der Waals surface area (Å²) in [5.74, 6) is 3.70.